The first-order chi connectivity index (χ1) is 9.82. The number of carboxylic acid groups (broad SMARTS) is 1. The topological polar surface area (TPSA) is 81.2 Å². The maximum atomic E-state index is 12.7. The van der Waals surface area contributed by atoms with Crippen molar-refractivity contribution in [1.29, 1.82) is 0 Å². The Morgan fingerprint density at radius 1 is 1.19 bits per heavy atom. The van der Waals surface area contributed by atoms with Gasteiger partial charge in [0.2, 0.25) is 0 Å². The zero-order chi connectivity index (χ0) is 15.6. The molecule has 2 aliphatic heterocycles. The van der Waals surface area contributed by atoms with Crippen molar-refractivity contribution in [3.05, 3.63) is 0 Å². The van der Waals surface area contributed by atoms with Gasteiger partial charge in [0, 0.05) is 32.7 Å². The van der Waals surface area contributed by atoms with Gasteiger partial charge in [0.15, 0.2) is 0 Å². The minimum Gasteiger partial charge on any atom is -0.481 e. The Morgan fingerprint density at radius 3 is 2.48 bits per heavy atom. The zero-order valence-corrected chi connectivity index (χ0v) is 13.5. The van der Waals surface area contributed by atoms with Crippen LogP contribution in [0.4, 0.5) is 0 Å². The van der Waals surface area contributed by atoms with Crippen molar-refractivity contribution >= 4 is 16.2 Å². The molecule has 2 atom stereocenters. The fourth-order valence-electron chi connectivity index (χ4n) is 3.16. The van der Waals surface area contributed by atoms with Crippen molar-refractivity contribution in [3.63, 3.8) is 0 Å². The Labute approximate surface area is 126 Å². The Morgan fingerprint density at radius 2 is 1.86 bits per heavy atom. The van der Waals surface area contributed by atoms with Crippen LogP contribution >= 0.6 is 0 Å². The highest BCUT2D eigenvalue weighted by molar-refractivity contribution is 7.86. The molecule has 0 bridgehead atoms. The van der Waals surface area contributed by atoms with E-state index in [4.69, 9.17) is 5.11 Å². The Bertz CT molecular complexity index is 482. The normalized spacial score (nSPS) is 29.7. The molecule has 0 amide bonds. The smallest absolute Gasteiger partial charge is 0.307 e. The van der Waals surface area contributed by atoms with Gasteiger partial charge in [-0.15, -0.1) is 0 Å². The zero-order valence-electron chi connectivity index (χ0n) is 12.7. The second kappa shape index (κ2) is 6.60. The molecule has 0 saturated carbocycles. The first-order valence-electron chi connectivity index (χ1n) is 7.47. The second-order valence-corrected chi connectivity index (χ2v) is 8.11. The van der Waals surface area contributed by atoms with Crippen molar-refractivity contribution in [2.24, 2.45) is 5.92 Å². The molecule has 2 heterocycles. The number of piperidine rings is 2. The summed E-state index contributed by atoms with van der Waals surface area (Å²) in [5, 5.41) is 9.10. The number of carboxylic acids is 1. The van der Waals surface area contributed by atoms with E-state index in [0.717, 1.165) is 25.9 Å². The Balaban J connectivity index is 2.07. The summed E-state index contributed by atoms with van der Waals surface area (Å²) in [6, 6.07) is -0.0287. The average molecular weight is 319 g/mol. The molecule has 2 rings (SSSR count). The summed E-state index contributed by atoms with van der Waals surface area (Å²) < 4.78 is 28.2. The van der Waals surface area contributed by atoms with Gasteiger partial charge in [0.05, 0.1) is 5.92 Å². The largest absolute Gasteiger partial charge is 0.481 e. The van der Waals surface area contributed by atoms with Crippen LogP contribution in [0.2, 0.25) is 0 Å². The highest BCUT2D eigenvalue weighted by Crippen LogP contribution is 2.24. The molecule has 0 aromatic heterocycles. The summed E-state index contributed by atoms with van der Waals surface area (Å²) in [5.41, 5.74) is 0. The van der Waals surface area contributed by atoms with Crippen LogP contribution in [0.1, 0.15) is 25.7 Å². The quantitative estimate of drug-likeness (QED) is 0.792. The van der Waals surface area contributed by atoms with Gasteiger partial charge >= 0.3 is 5.97 Å². The highest BCUT2D eigenvalue weighted by Gasteiger charge is 2.37. The molecular weight excluding hydrogens is 294 g/mol. The molecule has 8 heteroatoms. The lowest BCUT2D eigenvalue weighted by Crippen LogP contribution is -2.54. The summed E-state index contributed by atoms with van der Waals surface area (Å²) >= 11 is 0. The van der Waals surface area contributed by atoms with Crippen molar-refractivity contribution in [2.75, 3.05) is 40.3 Å². The molecule has 2 aliphatic rings. The number of aliphatic carboxylic acids is 1. The molecule has 0 aromatic carbocycles. The minimum absolute atomic E-state index is 0.0287. The van der Waals surface area contributed by atoms with Crippen LogP contribution in [-0.4, -0.2) is 79.3 Å². The molecule has 2 unspecified atom stereocenters. The van der Waals surface area contributed by atoms with Crippen LogP contribution in [0.3, 0.4) is 0 Å². The van der Waals surface area contributed by atoms with Crippen LogP contribution < -0.4 is 0 Å². The second-order valence-electron chi connectivity index (χ2n) is 6.12. The minimum atomic E-state index is -3.57. The van der Waals surface area contributed by atoms with Gasteiger partial charge in [-0.2, -0.15) is 17.0 Å². The monoisotopic (exact) mass is 319 g/mol. The van der Waals surface area contributed by atoms with E-state index >= 15 is 0 Å². The predicted octanol–water partition coefficient (Wildman–Crippen LogP) is 0.0538. The lowest BCUT2D eigenvalue weighted by atomic mass is 10.0. The highest BCUT2D eigenvalue weighted by atomic mass is 32.2. The van der Waals surface area contributed by atoms with E-state index in [-0.39, 0.29) is 12.6 Å². The fraction of sp³-hybridized carbons (Fsp3) is 0.923. The van der Waals surface area contributed by atoms with E-state index in [0.29, 0.717) is 19.4 Å². The van der Waals surface area contributed by atoms with Crippen LogP contribution in [0.25, 0.3) is 0 Å². The number of hydrogen-bond acceptors (Lipinski definition) is 4. The molecule has 0 spiro atoms. The first kappa shape index (κ1) is 16.7. The van der Waals surface area contributed by atoms with E-state index in [9.17, 15) is 13.2 Å². The molecule has 7 nitrogen and oxygen atoms in total. The maximum absolute atomic E-state index is 12.7. The number of rotatable bonds is 4. The van der Waals surface area contributed by atoms with E-state index in [1.165, 1.54) is 8.61 Å². The summed E-state index contributed by atoms with van der Waals surface area (Å²) in [6.45, 7) is 2.23. The van der Waals surface area contributed by atoms with Crippen molar-refractivity contribution in [1.82, 2.24) is 13.5 Å². The maximum Gasteiger partial charge on any atom is 0.307 e. The third-order valence-electron chi connectivity index (χ3n) is 4.54. The van der Waals surface area contributed by atoms with Crippen LogP contribution in [0.15, 0.2) is 0 Å². The van der Waals surface area contributed by atoms with Gasteiger partial charge in [-0.1, -0.05) is 0 Å². The molecule has 0 aromatic rings. The number of hydrogen-bond donors (Lipinski definition) is 1. The van der Waals surface area contributed by atoms with E-state index in [1.807, 2.05) is 7.05 Å². The third kappa shape index (κ3) is 3.74. The summed E-state index contributed by atoms with van der Waals surface area (Å²) in [4.78, 5) is 13.2. The lowest BCUT2D eigenvalue weighted by Gasteiger charge is -2.39. The van der Waals surface area contributed by atoms with Gasteiger partial charge in [0.25, 0.3) is 10.2 Å². The van der Waals surface area contributed by atoms with Gasteiger partial charge in [-0.05, 0) is 39.3 Å². The number of likely N-dealkylation sites (tertiary alicyclic amines) is 1. The number of carbonyl (C=O) groups is 1. The molecular formula is C13H25N3O4S. The molecule has 122 valence electrons. The van der Waals surface area contributed by atoms with Gasteiger partial charge < -0.3 is 10.0 Å². The fourth-order valence-corrected chi connectivity index (χ4v) is 4.80. The predicted molar refractivity (Wildman–Crippen MR) is 79.1 cm³/mol. The molecule has 2 fully saturated rings. The van der Waals surface area contributed by atoms with Gasteiger partial charge in [0.1, 0.15) is 0 Å². The van der Waals surface area contributed by atoms with Crippen molar-refractivity contribution in [2.45, 2.75) is 31.7 Å². The van der Waals surface area contributed by atoms with Crippen LogP contribution in [0, 0.1) is 5.92 Å². The summed E-state index contributed by atoms with van der Waals surface area (Å²) in [5.74, 6) is -1.49. The Hall–Kier alpha value is -0.700. The number of nitrogens with zero attached hydrogens (tertiary/aromatic N) is 3. The summed E-state index contributed by atoms with van der Waals surface area (Å²) in [6.07, 6.45) is 3.00. The van der Waals surface area contributed by atoms with Crippen LogP contribution in [0.5, 0.6) is 0 Å². The number of likely N-dealkylation sites (N-methyl/N-ethyl adjacent to an activating group) is 2. The molecule has 21 heavy (non-hydrogen) atoms. The molecule has 1 N–H and O–H groups in total. The summed E-state index contributed by atoms with van der Waals surface area (Å²) in [7, 11) is 0.0338. The van der Waals surface area contributed by atoms with Crippen LogP contribution in [-0.2, 0) is 15.0 Å². The molecule has 0 aliphatic carbocycles. The lowest BCUT2D eigenvalue weighted by molar-refractivity contribution is -0.142. The van der Waals surface area contributed by atoms with Gasteiger partial charge in [-0.25, -0.2) is 0 Å². The first-order valence-corrected chi connectivity index (χ1v) is 8.86. The van der Waals surface area contributed by atoms with E-state index < -0.39 is 22.1 Å². The molecule has 2 saturated heterocycles. The average Bonchev–Trinajstić information content (AvgIpc) is 2.46. The van der Waals surface area contributed by atoms with Crippen molar-refractivity contribution in [3.8, 4) is 0 Å². The Kier molecular flexibility index (Phi) is 5.24. The van der Waals surface area contributed by atoms with Crippen molar-refractivity contribution < 1.29 is 18.3 Å². The van der Waals surface area contributed by atoms with E-state index in [2.05, 4.69) is 4.90 Å². The third-order valence-corrected chi connectivity index (χ3v) is 6.55. The SMILES string of the molecule is CN1CCCC(N(C)S(=O)(=O)N2CCCC(C(=O)O)C2)C1. The standard InChI is InChI=1S/C13H25N3O4S/c1-14-7-4-6-12(10-14)15(2)21(19,20)16-8-3-5-11(9-16)13(17)18/h11-12H,3-10H2,1-2H3,(H,17,18). The van der Waals surface area contributed by atoms with Gasteiger partial charge in [-0.3, -0.25) is 4.79 Å². The van der Waals surface area contributed by atoms with E-state index in [1.54, 1.807) is 7.05 Å². The molecule has 0 radical (unpaired) electrons.